The van der Waals surface area contributed by atoms with E-state index in [-0.39, 0.29) is 18.4 Å². The van der Waals surface area contributed by atoms with Crippen LogP contribution in [0.1, 0.15) is 16.7 Å². The van der Waals surface area contributed by atoms with Gasteiger partial charge in [0.25, 0.3) is 11.8 Å². The van der Waals surface area contributed by atoms with Gasteiger partial charge in [-0.15, -0.1) is 0 Å². The first-order valence-electron chi connectivity index (χ1n) is 11.1. The molecule has 1 saturated heterocycles. The number of benzene rings is 3. The van der Waals surface area contributed by atoms with Gasteiger partial charge in [0.2, 0.25) is 0 Å². The molecule has 0 saturated carbocycles. The van der Waals surface area contributed by atoms with Crippen molar-refractivity contribution >= 4 is 80.8 Å². The van der Waals surface area contributed by atoms with Crippen molar-refractivity contribution in [2.75, 3.05) is 23.9 Å². The fraction of sp³-hybridized carbons (Fsp3) is 0.148. The molecule has 190 valence electrons. The Morgan fingerprint density at radius 1 is 1.05 bits per heavy atom. The molecule has 1 heterocycles. The minimum absolute atomic E-state index is 0.189. The number of carbonyl (C=O) groups is 2. The number of aryl methyl sites for hydroxylation is 2. The topological polar surface area (TPSA) is 67.9 Å². The van der Waals surface area contributed by atoms with Crippen LogP contribution >= 0.6 is 47.2 Å². The van der Waals surface area contributed by atoms with Gasteiger partial charge in [-0.25, -0.2) is 0 Å². The number of hydrogen-bond acceptors (Lipinski definition) is 6. The van der Waals surface area contributed by atoms with Gasteiger partial charge >= 0.3 is 0 Å². The summed E-state index contributed by atoms with van der Waals surface area (Å²) in [7, 11) is 1.51. The summed E-state index contributed by atoms with van der Waals surface area (Å²) in [6.07, 6.45) is 1.72. The maximum atomic E-state index is 13.1. The molecule has 0 atom stereocenters. The van der Waals surface area contributed by atoms with E-state index in [2.05, 4.69) is 5.32 Å². The summed E-state index contributed by atoms with van der Waals surface area (Å²) in [4.78, 5) is 27.4. The van der Waals surface area contributed by atoms with Gasteiger partial charge in [0.1, 0.15) is 0 Å². The predicted molar refractivity (Wildman–Crippen MR) is 155 cm³/mol. The van der Waals surface area contributed by atoms with Crippen molar-refractivity contribution in [3.63, 3.8) is 0 Å². The summed E-state index contributed by atoms with van der Waals surface area (Å²) >= 11 is 18.7. The van der Waals surface area contributed by atoms with Crippen molar-refractivity contribution in [3.8, 4) is 11.5 Å². The van der Waals surface area contributed by atoms with Gasteiger partial charge < -0.3 is 14.8 Å². The summed E-state index contributed by atoms with van der Waals surface area (Å²) in [5.41, 5.74) is 4.08. The van der Waals surface area contributed by atoms with Crippen molar-refractivity contribution in [2.24, 2.45) is 0 Å². The zero-order valence-electron chi connectivity index (χ0n) is 20.1. The average Bonchev–Trinajstić information content (AvgIpc) is 3.14. The Kier molecular flexibility index (Phi) is 8.44. The summed E-state index contributed by atoms with van der Waals surface area (Å²) in [5.74, 6) is 0.270. The fourth-order valence-corrected chi connectivity index (χ4v) is 5.23. The van der Waals surface area contributed by atoms with Crippen LogP contribution in [0.3, 0.4) is 0 Å². The third-order valence-corrected chi connectivity index (χ3v) is 7.50. The molecular formula is C27H22Cl2N2O4S2. The van der Waals surface area contributed by atoms with E-state index < -0.39 is 0 Å². The number of anilines is 2. The van der Waals surface area contributed by atoms with E-state index in [1.807, 2.05) is 32.0 Å². The van der Waals surface area contributed by atoms with Crippen LogP contribution in [-0.2, 0) is 9.59 Å². The predicted octanol–water partition coefficient (Wildman–Crippen LogP) is 7.04. The highest BCUT2D eigenvalue weighted by atomic mass is 35.5. The summed E-state index contributed by atoms with van der Waals surface area (Å²) in [6, 6.07) is 15.9. The van der Waals surface area contributed by atoms with E-state index in [1.54, 1.807) is 42.5 Å². The third kappa shape index (κ3) is 6.27. The molecule has 4 rings (SSSR count). The molecule has 37 heavy (non-hydrogen) atoms. The molecule has 0 aliphatic carbocycles. The molecule has 1 fully saturated rings. The van der Waals surface area contributed by atoms with Crippen LogP contribution in [0.4, 0.5) is 11.4 Å². The van der Waals surface area contributed by atoms with Crippen molar-refractivity contribution in [3.05, 3.63) is 86.2 Å². The second-order valence-corrected chi connectivity index (χ2v) is 10.7. The van der Waals surface area contributed by atoms with Crippen LogP contribution in [0.15, 0.2) is 59.5 Å². The molecule has 2 amide bonds. The minimum Gasteiger partial charge on any atom is -0.493 e. The van der Waals surface area contributed by atoms with Crippen LogP contribution in [-0.4, -0.2) is 29.9 Å². The molecule has 0 unspecified atom stereocenters. The van der Waals surface area contributed by atoms with Gasteiger partial charge in [-0.2, -0.15) is 0 Å². The van der Waals surface area contributed by atoms with Gasteiger partial charge in [-0.05, 0) is 67.4 Å². The van der Waals surface area contributed by atoms with E-state index in [4.69, 9.17) is 44.9 Å². The fourth-order valence-electron chi connectivity index (χ4n) is 3.64. The molecule has 6 nitrogen and oxygen atoms in total. The largest absolute Gasteiger partial charge is 0.493 e. The summed E-state index contributed by atoms with van der Waals surface area (Å²) in [5, 5.41) is 3.58. The number of nitrogens with zero attached hydrogens (tertiary/aromatic N) is 1. The zero-order chi connectivity index (χ0) is 26.7. The normalized spacial score (nSPS) is 14.3. The highest BCUT2D eigenvalue weighted by Crippen LogP contribution is 2.38. The smallest absolute Gasteiger partial charge is 0.270 e. The number of hydrogen-bond donors (Lipinski definition) is 1. The molecule has 0 radical (unpaired) electrons. The summed E-state index contributed by atoms with van der Waals surface area (Å²) in [6.45, 7) is 3.74. The lowest BCUT2D eigenvalue weighted by Crippen LogP contribution is -2.27. The van der Waals surface area contributed by atoms with Crippen LogP contribution in [0, 0.1) is 13.8 Å². The monoisotopic (exact) mass is 572 g/mol. The number of carbonyl (C=O) groups excluding carboxylic acids is 2. The Morgan fingerprint density at radius 3 is 2.54 bits per heavy atom. The number of halogens is 2. The van der Waals surface area contributed by atoms with E-state index in [1.165, 1.54) is 23.8 Å². The number of thiocarbonyl (C=S) groups is 1. The Hall–Kier alpha value is -3.04. The molecule has 10 heteroatoms. The molecule has 0 spiro atoms. The third-order valence-electron chi connectivity index (χ3n) is 5.46. The van der Waals surface area contributed by atoms with Gasteiger partial charge in [-0.3, -0.25) is 14.5 Å². The molecular weight excluding hydrogens is 551 g/mol. The van der Waals surface area contributed by atoms with Crippen molar-refractivity contribution in [2.45, 2.75) is 13.8 Å². The first kappa shape index (κ1) is 27.0. The molecule has 1 N–H and O–H groups in total. The average molecular weight is 574 g/mol. The molecule has 0 bridgehead atoms. The highest BCUT2D eigenvalue weighted by Gasteiger charge is 2.33. The summed E-state index contributed by atoms with van der Waals surface area (Å²) < 4.78 is 11.5. The molecule has 3 aromatic rings. The number of rotatable bonds is 7. The van der Waals surface area contributed by atoms with Crippen LogP contribution in [0.25, 0.3) is 6.08 Å². The molecule has 1 aliphatic heterocycles. The lowest BCUT2D eigenvalue weighted by atomic mass is 10.1. The number of methoxy groups -OCH3 is 1. The Labute approximate surface area is 234 Å². The van der Waals surface area contributed by atoms with Crippen LogP contribution in [0.5, 0.6) is 11.5 Å². The van der Waals surface area contributed by atoms with Crippen molar-refractivity contribution in [1.82, 2.24) is 0 Å². The van der Waals surface area contributed by atoms with Gasteiger partial charge in [0, 0.05) is 5.69 Å². The maximum absolute atomic E-state index is 13.1. The van der Waals surface area contributed by atoms with Gasteiger partial charge in [0.15, 0.2) is 22.4 Å². The van der Waals surface area contributed by atoms with E-state index >= 15 is 0 Å². The number of thioether (sulfide) groups is 1. The second-order valence-electron chi connectivity index (χ2n) is 8.18. The van der Waals surface area contributed by atoms with Gasteiger partial charge in [-0.1, -0.05) is 70.9 Å². The van der Waals surface area contributed by atoms with Crippen molar-refractivity contribution < 1.29 is 19.1 Å². The Bertz CT molecular complexity index is 1440. The molecule has 0 aromatic heterocycles. The van der Waals surface area contributed by atoms with Crippen LogP contribution < -0.4 is 19.7 Å². The SMILES string of the molecule is COc1cc(/C=C2\SC(=S)N(c3ccc(Cl)c(Cl)c3)C2=O)ccc1OCC(=O)Nc1ccc(C)cc1C. The lowest BCUT2D eigenvalue weighted by molar-refractivity contribution is -0.118. The number of ether oxygens (including phenoxy) is 2. The zero-order valence-corrected chi connectivity index (χ0v) is 23.3. The minimum atomic E-state index is -0.288. The van der Waals surface area contributed by atoms with E-state index in [0.29, 0.717) is 42.0 Å². The maximum Gasteiger partial charge on any atom is 0.270 e. The Morgan fingerprint density at radius 2 is 1.84 bits per heavy atom. The van der Waals surface area contributed by atoms with E-state index in [0.717, 1.165) is 16.8 Å². The quantitative estimate of drug-likeness (QED) is 0.242. The second kappa shape index (κ2) is 11.6. The first-order chi connectivity index (χ1) is 17.7. The number of nitrogens with one attached hydrogen (secondary N) is 1. The lowest BCUT2D eigenvalue weighted by Gasteiger charge is -2.15. The number of amides is 2. The van der Waals surface area contributed by atoms with Crippen LogP contribution in [0.2, 0.25) is 10.0 Å². The highest BCUT2D eigenvalue weighted by molar-refractivity contribution is 8.27. The van der Waals surface area contributed by atoms with Gasteiger partial charge in [0.05, 0.1) is 27.7 Å². The first-order valence-corrected chi connectivity index (χ1v) is 13.1. The standard InChI is InChI=1S/C27H22Cl2N2O4S2/c1-15-4-8-21(16(2)10-15)30-25(32)14-35-22-9-5-17(11-23(22)34-3)12-24-26(33)31(27(36)37-24)18-6-7-19(28)20(29)13-18/h4-13H,14H2,1-3H3,(H,30,32)/b24-12-. The van der Waals surface area contributed by atoms with E-state index in [9.17, 15) is 9.59 Å². The Balaban J connectivity index is 1.46. The molecule has 3 aromatic carbocycles. The molecule has 1 aliphatic rings. The van der Waals surface area contributed by atoms with Crippen molar-refractivity contribution in [1.29, 1.82) is 0 Å².